The van der Waals surface area contributed by atoms with Crippen molar-refractivity contribution in [3.63, 3.8) is 0 Å². The molecule has 0 saturated heterocycles. The third kappa shape index (κ3) is 2.61. The molecule has 0 radical (unpaired) electrons. The maximum atomic E-state index is 13.0. The summed E-state index contributed by atoms with van der Waals surface area (Å²) in [6.45, 7) is 4.90. The summed E-state index contributed by atoms with van der Waals surface area (Å²) in [5, 5.41) is 9.95. The summed E-state index contributed by atoms with van der Waals surface area (Å²) in [6.07, 6.45) is -5.19. The first kappa shape index (κ1) is 14.8. The molecular weight excluding hydrogens is 245 g/mol. The predicted molar refractivity (Wildman–Crippen MR) is 62.6 cm³/mol. The second-order valence-corrected chi connectivity index (χ2v) is 4.14. The Morgan fingerprint density at radius 3 is 2.28 bits per heavy atom. The molecule has 0 bridgehead atoms. The highest BCUT2D eigenvalue weighted by atomic mass is 19.4. The molecule has 1 unspecified atom stereocenters. The predicted octanol–water partition coefficient (Wildman–Crippen LogP) is 3.55. The number of alkyl halides is 3. The molecule has 102 valence electrons. The molecule has 1 N–H and O–H groups in total. The van der Waals surface area contributed by atoms with Crippen molar-refractivity contribution in [3.8, 4) is 5.75 Å². The maximum absolute atomic E-state index is 13.0. The Kier molecular flexibility index (Phi) is 4.27. The standard InChI is InChI=1S/C13H17F3O2/c1-4-12(17,13(14,15)16)10-8-9(3)6-7-11(10)18-5-2/h6-8,17H,4-5H2,1-3H3. The number of aliphatic hydroxyl groups is 1. The lowest BCUT2D eigenvalue weighted by Gasteiger charge is -2.31. The highest BCUT2D eigenvalue weighted by Gasteiger charge is 2.54. The van der Waals surface area contributed by atoms with Gasteiger partial charge in [-0.3, -0.25) is 0 Å². The number of benzene rings is 1. The summed E-state index contributed by atoms with van der Waals surface area (Å²) in [5.74, 6) is 0.0739. The van der Waals surface area contributed by atoms with Crippen LogP contribution >= 0.6 is 0 Å². The Morgan fingerprint density at radius 1 is 1.22 bits per heavy atom. The second-order valence-electron chi connectivity index (χ2n) is 4.14. The average Bonchev–Trinajstić information content (AvgIpc) is 2.29. The van der Waals surface area contributed by atoms with Crippen LogP contribution in [0.25, 0.3) is 0 Å². The minimum absolute atomic E-state index is 0.0739. The number of aryl methyl sites for hydroxylation is 1. The smallest absolute Gasteiger partial charge is 0.421 e. The molecule has 1 rings (SSSR count). The van der Waals surface area contributed by atoms with E-state index in [-0.39, 0.29) is 17.9 Å². The molecule has 0 aliphatic heterocycles. The molecule has 0 saturated carbocycles. The maximum Gasteiger partial charge on any atom is 0.421 e. The van der Waals surface area contributed by atoms with Gasteiger partial charge in [0.15, 0.2) is 5.60 Å². The quantitative estimate of drug-likeness (QED) is 0.899. The Balaban J connectivity index is 3.40. The van der Waals surface area contributed by atoms with Gasteiger partial charge in [0.05, 0.1) is 6.61 Å². The van der Waals surface area contributed by atoms with Gasteiger partial charge in [0.2, 0.25) is 0 Å². The first-order valence-corrected chi connectivity index (χ1v) is 5.79. The third-order valence-electron chi connectivity index (χ3n) is 2.86. The van der Waals surface area contributed by atoms with E-state index in [0.717, 1.165) is 0 Å². The molecule has 0 fully saturated rings. The number of halogens is 3. The van der Waals surface area contributed by atoms with Crippen LogP contribution in [0.5, 0.6) is 5.75 Å². The van der Waals surface area contributed by atoms with Crippen molar-refractivity contribution < 1.29 is 23.0 Å². The zero-order valence-electron chi connectivity index (χ0n) is 10.6. The van der Waals surface area contributed by atoms with Gasteiger partial charge < -0.3 is 9.84 Å². The van der Waals surface area contributed by atoms with Gasteiger partial charge in [-0.15, -0.1) is 0 Å². The fourth-order valence-corrected chi connectivity index (χ4v) is 1.79. The van der Waals surface area contributed by atoms with Crippen molar-refractivity contribution in [1.29, 1.82) is 0 Å². The normalized spacial score (nSPS) is 15.3. The minimum atomic E-state index is -4.73. The zero-order chi connectivity index (χ0) is 14.0. The van der Waals surface area contributed by atoms with E-state index in [1.54, 1.807) is 19.9 Å². The van der Waals surface area contributed by atoms with Crippen LogP contribution in [0.2, 0.25) is 0 Å². The number of rotatable bonds is 4. The van der Waals surface area contributed by atoms with Crippen LogP contribution in [0.15, 0.2) is 18.2 Å². The van der Waals surface area contributed by atoms with Crippen molar-refractivity contribution in [1.82, 2.24) is 0 Å². The number of ether oxygens (including phenoxy) is 1. The van der Waals surface area contributed by atoms with Gasteiger partial charge in [-0.25, -0.2) is 0 Å². The molecule has 2 nitrogen and oxygen atoms in total. The van der Waals surface area contributed by atoms with Crippen LogP contribution in [0, 0.1) is 6.92 Å². The number of hydrogen-bond acceptors (Lipinski definition) is 2. The summed E-state index contributed by atoms with van der Waals surface area (Å²) in [6, 6.07) is 4.43. The summed E-state index contributed by atoms with van der Waals surface area (Å²) >= 11 is 0. The molecule has 0 aromatic heterocycles. The fraction of sp³-hybridized carbons (Fsp3) is 0.538. The zero-order valence-corrected chi connectivity index (χ0v) is 10.6. The van der Waals surface area contributed by atoms with Crippen LogP contribution in [-0.2, 0) is 5.60 Å². The Morgan fingerprint density at radius 2 is 1.83 bits per heavy atom. The lowest BCUT2D eigenvalue weighted by atomic mass is 9.88. The molecule has 5 heteroatoms. The van der Waals surface area contributed by atoms with Crippen molar-refractivity contribution in [2.24, 2.45) is 0 Å². The van der Waals surface area contributed by atoms with Gasteiger partial charge in [0, 0.05) is 5.56 Å². The number of hydrogen-bond donors (Lipinski definition) is 1. The van der Waals surface area contributed by atoms with Crippen molar-refractivity contribution in [2.45, 2.75) is 39.0 Å². The van der Waals surface area contributed by atoms with Crippen molar-refractivity contribution >= 4 is 0 Å². The van der Waals surface area contributed by atoms with Crippen LogP contribution in [0.1, 0.15) is 31.4 Å². The molecule has 0 heterocycles. The van der Waals surface area contributed by atoms with E-state index >= 15 is 0 Å². The van der Waals surface area contributed by atoms with Crippen LogP contribution in [-0.4, -0.2) is 17.9 Å². The Bertz CT molecular complexity index is 415. The molecule has 0 aliphatic carbocycles. The fourth-order valence-electron chi connectivity index (χ4n) is 1.79. The second kappa shape index (κ2) is 5.18. The van der Waals surface area contributed by atoms with Gasteiger partial charge in [-0.05, 0) is 32.4 Å². The summed E-state index contributed by atoms with van der Waals surface area (Å²) < 4.78 is 44.3. The summed E-state index contributed by atoms with van der Waals surface area (Å²) in [7, 11) is 0. The topological polar surface area (TPSA) is 29.5 Å². The van der Waals surface area contributed by atoms with E-state index < -0.39 is 18.2 Å². The summed E-state index contributed by atoms with van der Waals surface area (Å²) in [4.78, 5) is 0. The van der Waals surface area contributed by atoms with E-state index in [1.807, 2.05) is 0 Å². The van der Waals surface area contributed by atoms with Crippen LogP contribution in [0.3, 0.4) is 0 Å². The molecule has 1 aromatic rings. The Labute approximate surface area is 104 Å². The molecule has 1 aromatic carbocycles. The van der Waals surface area contributed by atoms with Crippen LogP contribution in [0.4, 0.5) is 13.2 Å². The monoisotopic (exact) mass is 262 g/mol. The largest absolute Gasteiger partial charge is 0.493 e. The Hall–Kier alpha value is -1.23. The van der Waals surface area contributed by atoms with Gasteiger partial charge in [0.25, 0.3) is 0 Å². The first-order valence-electron chi connectivity index (χ1n) is 5.79. The van der Waals surface area contributed by atoms with E-state index in [1.165, 1.54) is 19.1 Å². The van der Waals surface area contributed by atoms with Gasteiger partial charge >= 0.3 is 6.18 Å². The van der Waals surface area contributed by atoms with Gasteiger partial charge in [0.1, 0.15) is 5.75 Å². The highest BCUT2D eigenvalue weighted by Crippen LogP contribution is 2.45. The molecule has 18 heavy (non-hydrogen) atoms. The first-order chi connectivity index (χ1) is 8.26. The van der Waals surface area contributed by atoms with Gasteiger partial charge in [-0.1, -0.05) is 18.6 Å². The van der Waals surface area contributed by atoms with E-state index in [4.69, 9.17) is 4.74 Å². The van der Waals surface area contributed by atoms with E-state index in [0.29, 0.717) is 5.56 Å². The molecule has 0 aliphatic rings. The van der Waals surface area contributed by atoms with Crippen molar-refractivity contribution in [3.05, 3.63) is 29.3 Å². The third-order valence-corrected chi connectivity index (χ3v) is 2.86. The molecule has 0 spiro atoms. The lowest BCUT2D eigenvalue weighted by Crippen LogP contribution is -2.42. The average molecular weight is 262 g/mol. The van der Waals surface area contributed by atoms with E-state index in [9.17, 15) is 18.3 Å². The van der Waals surface area contributed by atoms with Crippen molar-refractivity contribution in [2.75, 3.05) is 6.61 Å². The van der Waals surface area contributed by atoms with Crippen LogP contribution < -0.4 is 4.74 Å². The molecule has 1 atom stereocenters. The SMILES string of the molecule is CCOc1ccc(C)cc1C(O)(CC)C(F)(F)F. The minimum Gasteiger partial charge on any atom is -0.493 e. The highest BCUT2D eigenvalue weighted by molar-refractivity contribution is 5.42. The lowest BCUT2D eigenvalue weighted by molar-refractivity contribution is -0.268. The van der Waals surface area contributed by atoms with Gasteiger partial charge in [-0.2, -0.15) is 13.2 Å². The summed E-state index contributed by atoms with van der Waals surface area (Å²) in [5.41, 5.74) is -2.45. The molecular formula is C13H17F3O2. The van der Waals surface area contributed by atoms with E-state index in [2.05, 4.69) is 0 Å². The molecule has 0 amide bonds.